The Balaban J connectivity index is 1.53. The van der Waals surface area contributed by atoms with Gasteiger partial charge in [0.1, 0.15) is 6.54 Å². The van der Waals surface area contributed by atoms with Crippen LogP contribution in [0.5, 0.6) is 0 Å². The van der Waals surface area contributed by atoms with Crippen molar-refractivity contribution in [2.24, 2.45) is 0 Å². The summed E-state index contributed by atoms with van der Waals surface area (Å²) in [4.78, 5) is 30.4. The lowest BCUT2D eigenvalue weighted by atomic mass is 10.2. The van der Waals surface area contributed by atoms with Crippen LogP contribution >= 0.6 is 11.6 Å². The number of halogens is 1. The molecule has 0 spiro atoms. The molecule has 3 amide bonds. The third-order valence-electron chi connectivity index (χ3n) is 4.75. The van der Waals surface area contributed by atoms with E-state index in [0.29, 0.717) is 24.7 Å². The molecular formula is C18H24ClN3O2. The van der Waals surface area contributed by atoms with E-state index in [1.165, 1.54) is 12.8 Å². The first-order chi connectivity index (χ1) is 11.6. The first kappa shape index (κ1) is 17.1. The number of nitrogens with zero attached hydrogens (tertiary/aromatic N) is 3. The van der Waals surface area contributed by atoms with Gasteiger partial charge in [-0.15, -0.1) is 0 Å². The van der Waals surface area contributed by atoms with Gasteiger partial charge in [0.25, 0.3) is 0 Å². The van der Waals surface area contributed by atoms with Gasteiger partial charge in [-0.25, -0.2) is 4.79 Å². The third kappa shape index (κ3) is 4.20. The largest absolute Gasteiger partial charge is 0.341 e. The molecule has 0 N–H and O–H groups in total. The predicted octanol–water partition coefficient (Wildman–Crippen LogP) is 2.98. The van der Waals surface area contributed by atoms with Crippen LogP contribution in [0.15, 0.2) is 24.3 Å². The van der Waals surface area contributed by atoms with E-state index in [4.69, 9.17) is 11.6 Å². The quantitative estimate of drug-likeness (QED) is 0.838. The lowest BCUT2D eigenvalue weighted by Crippen LogP contribution is -2.42. The van der Waals surface area contributed by atoms with Gasteiger partial charge in [-0.1, -0.05) is 36.6 Å². The Morgan fingerprint density at radius 1 is 0.917 bits per heavy atom. The van der Waals surface area contributed by atoms with Crippen molar-refractivity contribution < 1.29 is 9.59 Å². The van der Waals surface area contributed by atoms with Crippen LogP contribution in [0.2, 0.25) is 5.02 Å². The molecule has 0 radical (unpaired) electrons. The minimum absolute atomic E-state index is 0.0480. The van der Waals surface area contributed by atoms with Crippen molar-refractivity contribution in [3.8, 4) is 0 Å². The molecule has 0 atom stereocenters. The molecule has 2 fully saturated rings. The molecular weight excluding hydrogens is 326 g/mol. The average Bonchev–Trinajstić information content (AvgIpc) is 2.81. The number of benzene rings is 1. The maximum atomic E-state index is 12.5. The lowest BCUT2D eigenvalue weighted by Gasteiger charge is -2.24. The summed E-state index contributed by atoms with van der Waals surface area (Å²) in [5.74, 6) is 0.0820. The number of hydrogen-bond donors (Lipinski definition) is 0. The van der Waals surface area contributed by atoms with Gasteiger partial charge in [-0.2, -0.15) is 0 Å². The number of carbonyl (C=O) groups excluding carboxylic acids is 2. The van der Waals surface area contributed by atoms with Gasteiger partial charge in [-0.3, -0.25) is 4.79 Å². The molecule has 24 heavy (non-hydrogen) atoms. The second-order valence-electron chi connectivity index (χ2n) is 6.55. The highest BCUT2D eigenvalue weighted by Gasteiger charge is 2.31. The van der Waals surface area contributed by atoms with Crippen LogP contribution in [0, 0.1) is 0 Å². The molecule has 2 aliphatic rings. The molecule has 6 heteroatoms. The van der Waals surface area contributed by atoms with Crippen molar-refractivity contribution in [2.45, 2.75) is 32.2 Å². The van der Waals surface area contributed by atoms with Gasteiger partial charge in [0, 0.05) is 37.7 Å². The van der Waals surface area contributed by atoms with Crippen LogP contribution in [0.1, 0.15) is 31.2 Å². The Hall–Kier alpha value is -1.75. The topological polar surface area (TPSA) is 43.9 Å². The Bertz CT molecular complexity index is 582. The zero-order valence-corrected chi connectivity index (χ0v) is 14.7. The molecule has 0 bridgehead atoms. The number of hydrogen-bond acceptors (Lipinski definition) is 2. The zero-order chi connectivity index (χ0) is 16.9. The monoisotopic (exact) mass is 349 g/mol. The van der Waals surface area contributed by atoms with Crippen LogP contribution in [-0.2, 0) is 11.3 Å². The highest BCUT2D eigenvalue weighted by molar-refractivity contribution is 6.30. The summed E-state index contributed by atoms with van der Waals surface area (Å²) in [5.41, 5.74) is 1.05. The van der Waals surface area contributed by atoms with Crippen molar-refractivity contribution in [1.82, 2.24) is 14.7 Å². The molecule has 0 saturated carbocycles. The van der Waals surface area contributed by atoms with E-state index >= 15 is 0 Å². The smallest absolute Gasteiger partial charge is 0.320 e. The summed E-state index contributed by atoms with van der Waals surface area (Å²) in [7, 11) is 0. The lowest BCUT2D eigenvalue weighted by molar-refractivity contribution is -0.131. The second-order valence-corrected chi connectivity index (χ2v) is 6.98. The fraction of sp³-hybridized carbons (Fsp3) is 0.556. The molecule has 5 nitrogen and oxygen atoms in total. The number of amides is 3. The minimum atomic E-state index is -0.0480. The van der Waals surface area contributed by atoms with Gasteiger partial charge < -0.3 is 14.7 Å². The van der Waals surface area contributed by atoms with Gasteiger partial charge in [0.2, 0.25) is 5.91 Å². The molecule has 3 rings (SSSR count). The molecule has 1 aromatic carbocycles. The van der Waals surface area contributed by atoms with E-state index in [1.807, 2.05) is 29.2 Å². The fourth-order valence-corrected chi connectivity index (χ4v) is 3.45. The van der Waals surface area contributed by atoms with Crippen LogP contribution in [0.25, 0.3) is 0 Å². The van der Waals surface area contributed by atoms with Crippen molar-refractivity contribution in [3.63, 3.8) is 0 Å². The molecule has 2 aliphatic heterocycles. The molecule has 0 unspecified atom stereocenters. The van der Waals surface area contributed by atoms with E-state index in [2.05, 4.69) is 0 Å². The fourth-order valence-electron chi connectivity index (χ4n) is 3.32. The standard InChI is InChI=1S/C18H24ClN3O2/c19-16-7-5-15(6-8-16)13-21-11-12-22(18(21)24)14-17(23)20-9-3-1-2-4-10-20/h5-8H,1-4,9-14H2. The zero-order valence-electron chi connectivity index (χ0n) is 13.9. The van der Waals surface area contributed by atoms with Crippen molar-refractivity contribution in [2.75, 3.05) is 32.7 Å². The number of urea groups is 1. The number of likely N-dealkylation sites (tertiary alicyclic amines) is 1. The maximum absolute atomic E-state index is 12.5. The summed E-state index contributed by atoms with van der Waals surface area (Å²) in [6, 6.07) is 7.48. The maximum Gasteiger partial charge on any atom is 0.320 e. The van der Waals surface area contributed by atoms with E-state index in [-0.39, 0.29) is 18.5 Å². The van der Waals surface area contributed by atoms with E-state index < -0.39 is 0 Å². The molecule has 1 aromatic rings. The predicted molar refractivity (Wildman–Crippen MR) is 93.9 cm³/mol. The van der Waals surface area contributed by atoms with Crippen LogP contribution in [0.3, 0.4) is 0 Å². The third-order valence-corrected chi connectivity index (χ3v) is 5.00. The van der Waals surface area contributed by atoms with Gasteiger partial charge in [0.15, 0.2) is 0 Å². The highest BCUT2D eigenvalue weighted by atomic mass is 35.5. The van der Waals surface area contributed by atoms with E-state index in [9.17, 15) is 9.59 Å². The van der Waals surface area contributed by atoms with Gasteiger partial charge >= 0.3 is 6.03 Å². The Morgan fingerprint density at radius 3 is 2.21 bits per heavy atom. The van der Waals surface area contributed by atoms with Crippen LogP contribution < -0.4 is 0 Å². The number of carbonyl (C=O) groups is 2. The second kappa shape index (κ2) is 7.88. The minimum Gasteiger partial charge on any atom is -0.341 e. The van der Waals surface area contributed by atoms with Gasteiger partial charge in [0.05, 0.1) is 0 Å². The van der Waals surface area contributed by atoms with Gasteiger partial charge in [-0.05, 0) is 30.5 Å². The highest BCUT2D eigenvalue weighted by Crippen LogP contribution is 2.16. The Labute approximate surface area is 148 Å². The van der Waals surface area contributed by atoms with E-state index in [0.717, 1.165) is 31.5 Å². The molecule has 2 heterocycles. The molecule has 2 saturated heterocycles. The van der Waals surface area contributed by atoms with Crippen molar-refractivity contribution in [1.29, 1.82) is 0 Å². The SMILES string of the molecule is O=C(CN1CCN(Cc2ccc(Cl)cc2)C1=O)N1CCCCCC1. The summed E-state index contributed by atoms with van der Waals surface area (Å²) in [6.45, 7) is 3.70. The van der Waals surface area contributed by atoms with Crippen LogP contribution in [-0.4, -0.2) is 59.4 Å². The summed E-state index contributed by atoms with van der Waals surface area (Å²) in [6.07, 6.45) is 4.54. The first-order valence-electron chi connectivity index (χ1n) is 8.69. The Kier molecular flexibility index (Phi) is 5.61. The normalized spacial score (nSPS) is 18.9. The van der Waals surface area contributed by atoms with Crippen LogP contribution in [0.4, 0.5) is 4.79 Å². The first-order valence-corrected chi connectivity index (χ1v) is 9.07. The summed E-state index contributed by atoms with van der Waals surface area (Å²) in [5, 5.41) is 0.691. The summed E-state index contributed by atoms with van der Waals surface area (Å²) < 4.78 is 0. The molecule has 130 valence electrons. The average molecular weight is 350 g/mol. The van der Waals surface area contributed by atoms with E-state index in [1.54, 1.807) is 9.80 Å². The van der Waals surface area contributed by atoms with Crippen molar-refractivity contribution in [3.05, 3.63) is 34.9 Å². The Morgan fingerprint density at radius 2 is 1.54 bits per heavy atom. The van der Waals surface area contributed by atoms with Crippen molar-refractivity contribution >= 4 is 23.5 Å². The molecule has 0 aromatic heterocycles. The number of rotatable bonds is 4. The molecule has 0 aliphatic carbocycles. The summed E-state index contributed by atoms with van der Waals surface area (Å²) >= 11 is 5.89.